The molecule has 0 saturated carbocycles. The van der Waals surface area contributed by atoms with Crippen molar-refractivity contribution in [1.29, 1.82) is 0 Å². The van der Waals surface area contributed by atoms with E-state index in [1.165, 1.54) is 0 Å². The van der Waals surface area contributed by atoms with Gasteiger partial charge in [0.15, 0.2) is 0 Å². The van der Waals surface area contributed by atoms with Gasteiger partial charge in [-0.2, -0.15) is 0 Å². The second-order valence-corrected chi connectivity index (χ2v) is 7.83. The summed E-state index contributed by atoms with van der Waals surface area (Å²) in [5.74, 6) is -0.138. The van der Waals surface area contributed by atoms with Crippen LogP contribution in [0.4, 0.5) is 10.5 Å². The second-order valence-electron chi connectivity index (χ2n) is 7.83. The van der Waals surface area contributed by atoms with Crippen molar-refractivity contribution in [3.8, 4) is 0 Å². The number of hydrogen-bond donors (Lipinski definition) is 1. The van der Waals surface area contributed by atoms with E-state index in [9.17, 15) is 9.59 Å². The van der Waals surface area contributed by atoms with Gasteiger partial charge in [-0.05, 0) is 69.0 Å². The third kappa shape index (κ3) is 5.22. The van der Waals surface area contributed by atoms with Gasteiger partial charge >= 0.3 is 6.09 Å². The number of nitrogens with zero attached hydrogens (tertiary/aromatic N) is 1. The number of amides is 2. The van der Waals surface area contributed by atoms with E-state index in [0.717, 1.165) is 29.7 Å². The fourth-order valence-electron chi connectivity index (χ4n) is 3.00. The van der Waals surface area contributed by atoms with Crippen LogP contribution in [0.5, 0.6) is 0 Å². The standard InChI is InChI=1S/C23H26N2O3/c1-23(2,3)28-22(27)25-15-7-10-19(16-25)17-11-13-20(14-12-17)24-21(26)18-8-5-4-6-9-18/h4-6,8-9,11-14,16H,7,10,15H2,1-3H3,(H,24,26). The SMILES string of the molecule is CC(C)(C)OC(=O)N1C=C(c2ccc(NC(=O)c3ccccc3)cc2)CCC1. The number of benzene rings is 2. The molecule has 28 heavy (non-hydrogen) atoms. The first kappa shape index (κ1) is 19.7. The molecule has 0 atom stereocenters. The summed E-state index contributed by atoms with van der Waals surface area (Å²) in [5.41, 5.74) is 2.96. The molecule has 5 nitrogen and oxygen atoms in total. The smallest absolute Gasteiger partial charge is 0.414 e. The highest BCUT2D eigenvalue weighted by atomic mass is 16.6. The maximum Gasteiger partial charge on any atom is 0.414 e. The third-order valence-electron chi connectivity index (χ3n) is 4.33. The van der Waals surface area contributed by atoms with Gasteiger partial charge in [-0.3, -0.25) is 9.69 Å². The lowest BCUT2D eigenvalue weighted by Gasteiger charge is -2.28. The Bertz CT molecular complexity index is 865. The van der Waals surface area contributed by atoms with E-state index in [0.29, 0.717) is 12.1 Å². The summed E-state index contributed by atoms with van der Waals surface area (Å²) in [6.07, 6.45) is 3.33. The average molecular weight is 378 g/mol. The van der Waals surface area contributed by atoms with Gasteiger partial charge in [0.05, 0.1) is 0 Å². The maximum atomic E-state index is 12.3. The summed E-state index contributed by atoms with van der Waals surface area (Å²) < 4.78 is 5.46. The number of ether oxygens (including phenoxy) is 1. The minimum atomic E-state index is -0.513. The Morgan fingerprint density at radius 3 is 2.32 bits per heavy atom. The van der Waals surface area contributed by atoms with E-state index in [2.05, 4.69) is 5.32 Å². The molecular formula is C23H26N2O3. The monoisotopic (exact) mass is 378 g/mol. The van der Waals surface area contributed by atoms with Gasteiger partial charge in [0.25, 0.3) is 5.91 Å². The third-order valence-corrected chi connectivity index (χ3v) is 4.33. The average Bonchev–Trinajstić information content (AvgIpc) is 2.68. The molecule has 5 heteroatoms. The van der Waals surface area contributed by atoms with Gasteiger partial charge in [-0.1, -0.05) is 30.3 Å². The lowest BCUT2D eigenvalue weighted by atomic mass is 9.99. The van der Waals surface area contributed by atoms with E-state index in [1.807, 2.05) is 69.4 Å². The van der Waals surface area contributed by atoms with Crippen molar-refractivity contribution in [2.45, 2.75) is 39.2 Å². The molecule has 0 aromatic heterocycles. The molecule has 0 spiro atoms. The summed E-state index contributed by atoms with van der Waals surface area (Å²) >= 11 is 0. The molecule has 146 valence electrons. The van der Waals surface area contributed by atoms with Crippen molar-refractivity contribution >= 4 is 23.3 Å². The Balaban J connectivity index is 1.68. The van der Waals surface area contributed by atoms with Crippen LogP contribution in [0, 0.1) is 0 Å². The van der Waals surface area contributed by atoms with Crippen LogP contribution in [0.1, 0.15) is 49.5 Å². The molecule has 2 aromatic rings. The van der Waals surface area contributed by atoms with Crippen LogP contribution in [-0.2, 0) is 4.74 Å². The lowest BCUT2D eigenvalue weighted by Crippen LogP contribution is -2.35. The molecule has 1 aliphatic rings. The topological polar surface area (TPSA) is 58.6 Å². The van der Waals surface area contributed by atoms with Crippen LogP contribution in [0.15, 0.2) is 60.8 Å². The largest absolute Gasteiger partial charge is 0.443 e. The van der Waals surface area contributed by atoms with Crippen molar-refractivity contribution in [2.24, 2.45) is 0 Å². The first-order valence-corrected chi connectivity index (χ1v) is 9.49. The van der Waals surface area contributed by atoms with Crippen LogP contribution in [0.2, 0.25) is 0 Å². The van der Waals surface area contributed by atoms with Crippen molar-refractivity contribution in [1.82, 2.24) is 4.90 Å². The highest BCUT2D eigenvalue weighted by Crippen LogP contribution is 2.27. The minimum absolute atomic E-state index is 0.138. The van der Waals surface area contributed by atoms with Crippen molar-refractivity contribution in [3.63, 3.8) is 0 Å². The number of hydrogen-bond acceptors (Lipinski definition) is 3. The predicted molar refractivity (Wildman–Crippen MR) is 111 cm³/mol. The van der Waals surface area contributed by atoms with Crippen LogP contribution in [0.25, 0.3) is 5.57 Å². The van der Waals surface area contributed by atoms with E-state index >= 15 is 0 Å². The highest BCUT2D eigenvalue weighted by Gasteiger charge is 2.23. The van der Waals surface area contributed by atoms with Crippen molar-refractivity contribution in [2.75, 3.05) is 11.9 Å². The quantitative estimate of drug-likeness (QED) is 0.787. The van der Waals surface area contributed by atoms with Crippen LogP contribution in [-0.4, -0.2) is 29.0 Å². The van der Waals surface area contributed by atoms with Crippen molar-refractivity contribution in [3.05, 3.63) is 71.9 Å². The van der Waals surface area contributed by atoms with Gasteiger partial charge in [0, 0.05) is 24.0 Å². The number of rotatable bonds is 3. The summed E-state index contributed by atoms with van der Waals surface area (Å²) in [7, 11) is 0. The Morgan fingerprint density at radius 1 is 1.00 bits per heavy atom. The normalized spacial score (nSPS) is 14.2. The molecule has 0 saturated heterocycles. The number of anilines is 1. The summed E-state index contributed by atoms with van der Waals surface area (Å²) in [5, 5.41) is 2.90. The Hall–Kier alpha value is -3.08. The highest BCUT2D eigenvalue weighted by molar-refractivity contribution is 6.04. The number of allylic oxidation sites excluding steroid dienone is 1. The second kappa shape index (κ2) is 8.30. The molecule has 1 N–H and O–H groups in total. The number of carbonyl (C=O) groups is 2. The number of nitrogens with one attached hydrogen (secondary N) is 1. The first-order valence-electron chi connectivity index (χ1n) is 9.49. The van der Waals surface area contributed by atoms with Crippen molar-refractivity contribution < 1.29 is 14.3 Å². The van der Waals surface area contributed by atoms with Crippen LogP contribution in [0.3, 0.4) is 0 Å². The molecular weight excluding hydrogens is 352 g/mol. The minimum Gasteiger partial charge on any atom is -0.443 e. The molecule has 0 fully saturated rings. The zero-order valence-electron chi connectivity index (χ0n) is 16.6. The van der Waals surface area contributed by atoms with Gasteiger partial charge in [-0.15, -0.1) is 0 Å². The fraction of sp³-hybridized carbons (Fsp3) is 0.304. The first-order chi connectivity index (χ1) is 13.3. The molecule has 3 rings (SSSR count). The Morgan fingerprint density at radius 2 is 1.68 bits per heavy atom. The van der Waals surface area contributed by atoms with E-state index in [1.54, 1.807) is 17.0 Å². The van der Waals surface area contributed by atoms with E-state index in [4.69, 9.17) is 4.74 Å². The Kier molecular flexibility index (Phi) is 5.83. The zero-order valence-corrected chi connectivity index (χ0v) is 16.6. The molecule has 0 unspecified atom stereocenters. The lowest BCUT2D eigenvalue weighted by molar-refractivity contribution is 0.0329. The molecule has 0 bridgehead atoms. The number of carbonyl (C=O) groups excluding carboxylic acids is 2. The van der Waals surface area contributed by atoms with Gasteiger partial charge in [0.2, 0.25) is 0 Å². The van der Waals surface area contributed by atoms with Gasteiger partial charge in [0.1, 0.15) is 5.60 Å². The molecule has 0 aliphatic carbocycles. The maximum absolute atomic E-state index is 12.3. The molecule has 2 amide bonds. The summed E-state index contributed by atoms with van der Waals surface area (Å²) in [4.78, 5) is 26.2. The van der Waals surface area contributed by atoms with Gasteiger partial charge < -0.3 is 10.1 Å². The molecule has 2 aromatic carbocycles. The molecule has 0 radical (unpaired) electrons. The Labute approximate surface area is 166 Å². The van der Waals surface area contributed by atoms with Crippen LogP contribution >= 0.6 is 0 Å². The zero-order chi connectivity index (χ0) is 20.1. The summed E-state index contributed by atoms with van der Waals surface area (Å²) in [6, 6.07) is 16.8. The van der Waals surface area contributed by atoms with Gasteiger partial charge in [-0.25, -0.2) is 4.79 Å². The van der Waals surface area contributed by atoms with Crippen LogP contribution < -0.4 is 5.32 Å². The van der Waals surface area contributed by atoms with E-state index < -0.39 is 5.60 Å². The fourth-order valence-corrected chi connectivity index (χ4v) is 3.00. The molecule has 1 heterocycles. The molecule has 1 aliphatic heterocycles. The van der Waals surface area contributed by atoms with E-state index in [-0.39, 0.29) is 12.0 Å². The summed E-state index contributed by atoms with van der Waals surface area (Å²) in [6.45, 7) is 6.25. The predicted octanol–water partition coefficient (Wildman–Crippen LogP) is 5.31.